The van der Waals surface area contributed by atoms with Gasteiger partial charge in [-0.2, -0.15) is 0 Å². The lowest BCUT2D eigenvalue weighted by molar-refractivity contribution is -0.138. The first-order valence-electron chi connectivity index (χ1n) is 5.16. The van der Waals surface area contributed by atoms with Gasteiger partial charge in [0.2, 0.25) is 0 Å². The van der Waals surface area contributed by atoms with Gasteiger partial charge in [-0.1, -0.05) is 6.07 Å². The van der Waals surface area contributed by atoms with Gasteiger partial charge in [0.05, 0.1) is 13.0 Å². The molecule has 0 saturated heterocycles. The van der Waals surface area contributed by atoms with Crippen LogP contribution in [0.1, 0.15) is 12.0 Å². The van der Waals surface area contributed by atoms with Crippen molar-refractivity contribution in [3.05, 3.63) is 23.8 Å². The number of carboxylic acid groups (broad SMARTS) is 1. The van der Waals surface area contributed by atoms with Crippen molar-refractivity contribution in [2.45, 2.75) is 23.5 Å². The van der Waals surface area contributed by atoms with Crippen LogP contribution in [0.3, 0.4) is 0 Å². The molecular weight excluding hydrogens is 224 g/mol. The Hall–Kier alpha value is -1.16. The summed E-state index contributed by atoms with van der Waals surface area (Å²) in [5.74, 6) is -0.0500. The lowest BCUT2D eigenvalue weighted by Crippen LogP contribution is -2.00. The van der Waals surface area contributed by atoms with Gasteiger partial charge < -0.3 is 9.84 Å². The molecule has 1 saturated carbocycles. The molecule has 0 bridgehead atoms. The van der Waals surface area contributed by atoms with Crippen LogP contribution in [0.2, 0.25) is 0 Å². The molecule has 0 amide bonds. The van der Waals surface area contributed by atoms with Gasteiger partial charge in [0.25, 0.3) is 0 Å². The third kappa shape index (κ3) is 2.32. The summed E-state index contributed by atoms with van der Waals surface area (Å²) in [5.41, 5.74) is 1.16. The highest BCUT2D eigenvalue weighted by Crippen LogP contribution is 2.47. The smallest absolute Gasteiger partial charge is 0.307 e. The fourth-order valence-electron chi connectivity index (χ4n) is 1.60. The first-order valence-corrected chi connectivity index (χ1v) is 6.04. The second-order valence-corrected chi connectivity index (χ2v) is 5.27. The Bertz CT molecular complexity index is 417. The fourth-order valence-corrected chi connectivity index (χ4v) is 3.03. The van der Waals surface area contributed by atoms with Gasteiger partial charge in [-0.3, -0.25) is 4.79 Å². The molecule has 2 unspecified atom stereocenters. The van der Waals surface area contributed by atoms with Crippen LogP contribution in [-0.2, 0) is 4.79 Å². The standard InChI is InChI=1S/C12H14O3S/c1-7-3-4-9(15-2)11(5-7)16-10-6-8(10)12(13)14/h3-5,8,10H,6H2,1-2H3,(H,13,14). The Morgan fingerprint density at radius 3 is 2.88 bits per heavy atom. The molecule has 0 spiro atoms. The quantitative estimate of drug-likeness (QED) is 0.875. The normalized spacial score (nSPS) is 22.9. The molecule has 1 aromatic carbocycles. The van der Waals surface area contributed by atoms with Crippen molar-refractivity contribution in [1.82, 2.24) is 0 Å². The number of thioether (sulfide) groups is 1. The number of aryl methyl sites for hydroxylation is 1. The minimum absolute atomic E-state index is 0.185. The zero-order valence-electron chi connectivity index (χ0n) is 9.27. The Labute approximate surface area is 98.8 Å². The number of ether oxygens (including phenoxy) is 1. The topological polar surface area (TPSA) is 46.5 Å². The number of methoxy groups -OCH3 is 1. The maximum atomic E-state index is 10.7. The van der Waals surface area contributed by atoms with Crippen molar-refractivity contribution in [3.63, 3.8) is 0 Å². The summed E-state index contributed by atoms with van der Waals surface area (Å²) < 4.78 is 5.26. The fraction of sp³-hybridized carbons (Fsp3) is 0.417. The molecular formula is C12H14O3S. The van der Waals surface area contributed by atoms with Crippen LogP contribution in [0.4, 0.5) is 0 Å². The molecule has 1 N–H and O–H groups in total. The van der Waals surface area contributed by atoms with Gasteiger partial charge in [-0.05, 0) is 31.0 Å². The second-order valence-electron chi connectivity index (χ2n) is 3.99. The predicted molar refractivity (Wildman–Crippen MR) is 63.1 cm³/mol. The molecule has 86 valence electrons. The van der Waals surface area contributed by atoms with Gasteiger partial charge >= 0.3 is 5.97 Å². The van der Waals surface area contributed by atoms with E-state index in [9.17, 15) is 4.79 Å². The lowest BCUT2D eigenvalue weighted by Gasteiger charge is -2.08. The van der Waals surface area contributed by atoms with Crippen LogP contribution >= 0.6 is 11.8 Å². The Kier molecular flexibility index (Phi) is 3.10. The van der Waals surface area contributed by atoms with Crippen LogP contribution in [-0.4, -0.2) is 23.4 Å². The molecule has 16 heavy (non-hydrogen) atoms. The van der Waals surface area contributed by atoms with E-state index in [0.29, 0.717) is 0 Å². The molecule has 0 radical (unpaired) electrons. The third-order valence-electron chi connectivity index (χ3n) is 2.65. The average Bonchev–Trinajstić information content (AvgIpc) is 2.98. The molecule has 0 aromatic heterocycles. The van der Waals surface area contributed by atoms with Crippen molar-refractivity contribution in [1.29, 1.82) is 0 Å². The van der Waals surface area contributed by atoms with Crippen LogP contribution in [0.15, 0.2) is 23.1 Å². The van der Waals surface area contributed by atoms with Crippen LogP contribution in [0, 0.1) is 12.8 Å². The summed E-state index contributed by atoms with van der Waals surface area (Å²) in [6, 6.07) is 5.96. The van der Waals surface area contributed by atoms with E-state index >= 15 is 0 Å². The molecule has 1 aromatic rings. The number of hydrogen-bond donors (Lipinski definition) is 1. The molecule has 1 aliphatic rings. The second kappa shape index (κ2) is 4.37. The van der Waals surface area contributed by atoms with Crippen molar-refractivity contribution in [3.8, 4) is 5.75 Å². The van der Waals surface area contributed by atoms with Gasteiger partial charge in [-0.25, -0.2) is 0 Å². The Balaban J connectivity index is 2.09. The summed E-state index contributed by atoms with van der Waals surface area (Å²) in [7, 11) is 1.64. The van der Waals surface area contributed by atoms with Crippen LogP contribution in [0.5, 0.6) is 5.75 Å². The van der Waals surface area contributed by atoms with Gasteiger partial charge in [-0.15, -0.1) is 11.8 Å². The summed E-state index contributed by atoms with van der Waals surface area (Å²) in [6.07, 6.45) is 0.761. The minimum atomic E-state index is -0.691. The lowest BCUT2D eigenvalue weighted by atomic mass is 10.2. The molecule has 3 nitrogen and oxygen atoms in total. The number of rotatable bonds is 4. The molecule has 1 aliphatic carbocycles. The molecule has 0 heterocycles. The van der Waals surface area contributed by atoms with Crippen LogP contribution in [0.25, 0.3) is 0 Å². The van der Waals surface area contributed by atoms with Crippen molar-refractivity contribution in [2.24, 2.45) is 5.92 Å². The molecule has 2 rings (SSSR count). The van der Waals surface area contributed by atoms with Crippen LogP contribution < -0.4 is 4.74 Å². The summed E-state index contributed by atoms with van der Waals surface area (Å²) in [6.45, 7) is 2.02. The highest BCUT2D eigenvalue weighted by Gasteiger charge is 2.44. The van der Waals surface area contributed by atoms with E-state index in [1.54, 1.807) is 18.9 Å². The summed E-state index contributed by atoms with van der Waals surface area (Å²) in [4.78, 5) is 11.8. The largest absolute Gasteiger partial charge is 0.496 e. The van der Waals surface area contributed by atoms with Gasteiger partial charge in [0, 0.05) is 10.1 Å². The molecule has 2 atom stereocenters. The maximum absolute atomic E-state index is 10.7. The number of benzene rings is 1. The van der Waals surface area contributed by atoms with Crippen molar-refractivity contribution >= 4 is 17.7 Å². The zero-order valence-corrected chi connectivity index (χ0v) is 10.1. The van der Waals surface area contributed by atoms with Gasteiger partial charge in [0.15, 0.2) is 0 Å². The third-order valence-corrected chi connectivity index (χ3v) is 4.04. The monoisotopic (exact) mass is 238 g/mol. The van der Waals surface area contributed by atoms with E-state index in [1.165, 1.54) is 0 Å². The van der Waals surface area contributed by atoms with Crippen molar-refractivity contribution in [2.75, 3.05) is 7.11 Å². The number of aliphatic carboxylic acids is 1. The Morgan fingerprint density at radius 2 is 2.31 bits per heavy atom. The molecule has 4 heteroatoms. The van der Waals surface area contributed by atoms with Gasteiger partial charge in [0.1, 0.15) is 5.75 Å². The van der Waals surface area contributed by atoms with E-state index in [2.05, 4.69) is 0 Å². The number of carboxylic acids is 1. The first kappa shape index (κ1) is 11.3. The summed E-state index contributed by atoms with van der Waals surface area (Å²) in [5, 5.41) is 9.04. The minimum Gasteiger partial charge on any atom is -0.496 e. The zero-order chi connectivity index (χ0) is 11.7. The number of carbonyl (C=O) groups is 1. The molecule has 0 aliphatic heterocycles. The SMILES string of the molecule is COc1ccc(C)cc1SC1CC1C(=O)O. The Morgan fingerprint density at radius 1 is 1.56 bits per heavy atom. The number of hydrogen-bond acceptors (Lipinski definition) is 3. The highest BCUT2D eigenvalue weighted by atomic mass is 32.2. The van der Waals surface area contributed by atoms with E-state index in [-0.39, 0.29) is 11.2 Å². The molecule has 1 fully saturated rings. The van der Waals surface area contributed by atoms with E-state index in [4.69, 9.17) is 9.84 Å². The van der Waals surface area contributed by atoms with E-state index < -0.39 is 5.97 Å². The summed E-state index contributed by atoms with van der Waals surface area (Å²) >= 11 is 1.61. The maximum Gasteiger partial charge on any atom is 0.307 e. The average molecular weight is 238 g/mol. The first-order chi connectivity index (χ1) is 7.61. The van der Waals surface area contributed by atoms with E-state index in [1.807, 2.05) is 25.1 Å². The van der Waals surface area contributed by atoms with Crippen molar-refractivity contribution < 1.29 is 14.6 Å². The predicted octanol–water partition coefficient (Wildman–Crippen LogP) is 2.57. The van der Waals surface area contributed by atoms with E-state index in [0.717, 1.165) is 22.6 Å². The highest BCUT2D eigenvalue weighted by molar-refractivity contribution is 8.00.